The van der Waals surface area contributed by atoms with Crippen molar-refractivity contribution in [2.24, 2.45) is 0 Å². The SMILES string of the molecule is N#Cc1ccc(-c2cccc(O)c2)cc1.N#Cc1ccc(B(O)O)cc1.Oc1cccc(Br)c1. The molecule has 0 atom stereocenters. The van der Waals surface area contributed by atoms with Gasteiger partial charge in [0.25, 0.3) is 0 Å². The molecule has 4 N–H and O–H groups in total. The Kier molecular flexibility index (Phi) is 10.4. The van der Waals surface area contributed by atoms with Crippen LogP contribution in [0.4, 0.5) is 0 Å². The summed E-state index contributed by atoms with van der Waals surface area (Å²) in [4.78, 5) is 0. The number of nitrogens with zero attached hydrogens (tertiary/aromatic N) is 2. The number of halogens is 1. The van der Waals surface area contributed by atoms with E-state index in [1.54, 1.807) is 48.5 Å². The molecular weight excluding hydrogens is 495 g/mol. The summed E-state index contributed by atoms with van der Waals surface area (Å²) >= 11 is 3.20. The lowest BCUT2D eigenvalue weighted by atomic mass is 9.80. The van der Waals surface area contributed by atoms with Crippen molar-refractivity contribution in [1.82, 2.24) is 0 Å². The van der Waals surface area contributed by atoms with Gasteiger partial charge in [0.15, 0.2) is 0 Å². The molecule has 0 spiro atoms. The summed E-state index contributed by atoms with van der Waals surface area (Å²) in [5.41, 5.74) is 3.47. The topological polar surface area (TPSA) is 128 Å². The average Bonchev–Trinajstić information content (AvgIpc) is 2.85. The van der Waals surface area contributed by atoms with Crippen LogP contribution in [0.5, 0.6) is 11.5 Å². The Hall–Kier alpha value is -4.08. The van der Waals surface area contributed by atoms with E-state index < -0.39 is 7.12 Å². The fraction of sp³-hybridized carbons (Fsp3) is 0. The minimum atomic E-state index is -1.46. The summed E-state index contributed by atoms with van der Waals surface area (Å²) < 4.78 is 0.900. The van der Waals surface area contributed by atoms with E-state index in [9.17, 15) is 5.11 Å². The van der Waals surface area contributed by atoms with Gasteiger partial charge in [-0.25, -0.2) is 0 Å². The van der Waals surface area contributed by atoms with Crippen molar-refractivity contribution < 1.29 is 20.3 Å². The number of phenolic OH excluding ortho intramolecular Hbond substituents is 2. The first kappa shape index (κ1) is 26.2. The Morgan fingerprint density at radius 1 is 0.618 bits per heavy atom. The lowest BCUT2D eigenvalue weighted by molar-refractivity contribution is 0.426. The number of rotatable bonds is 2. The minimum Gasteiger partial charge on any atom is -0.508 e. The van der Waals surface area contributed by atoms with Gasteiger partial charge in [-0.05, 0) is 71.2 Å². The van der Waals surface area contributed by atoms with Gasteiger partial charge in [0.05, 0.1) is 23.3 Å². The molecule has 4 aromatic carbocycles. The van der Waals surface area contributed by atoms with Crippen LogP contribution in [0.1, 0.15) is 11.1 Å². The molecule has 4 aromatic rings. The van der Waals surface area contributed by atoms with Gasteiger partial charge < -0.3 is 20.3 Å². The summed E-state index contributed by atoms with van der Waals surface area (Å²) in [7, 11) is -1.46. The molecule has 0 radical (unpaired) electrons. The zero-order valence-electron chi connectivity index (χ0n) is 17.9. The Morgan fingerprint density at radius 3 is 1.53 bits per heavy atom. The van der Waals surface area contributed by atoms with E-state index in [1.165, 1.54) is 24.3 Å². The Bertz CT molecular complexity index is 1260. The predicted molar refractivity (Wildman–Crippen MR) is 135 cm³/mol. The second kappa shape index (κ2) is 13.5. The number of benzene rings is 4. The Morgan fingerprint density at radius 2 is 1.12 bits per heavy atom. The third kappa shape index (κ3) is 8.81. The molecule has 0 aliphatic carbocycles. The molecule has 0 aliphatic heterocycles. The first-order valence-electron chi connectivity index (χ1n) is 9.92. The van der Waals surface area contributed by atoms with Gasteiger partial charge in [0.1, 0.15) is 11.5 Å². The van der Waals surface area contributed by atoms with E-state index in [1.807, 2.05) is 30.3 Å². The molecule has 0 heterocycles. The highest BCUT2D eigenvalue weighted by Gasteiger charge is 2.09. The van der Waals surface area contributed by atoms with Crippen LogP contribution in [-0.2, 0) is 0 Å². The van der Waals surface area contributed by atoms with Gasteiger partial charge in [-0.3, -0.25) is 0 Å². The van der Waals surface area contributed by atoms with Crippen LogP contribution < -0.4 is 5.46 Å². The summed E-state index contributed by atoms with van der Waals surface area (Å²) in [6.07, 6.45) is 0. The second-order valence-corrected chi connectivity index (χ2v) is 7.74. The van der Waals surface area contributed by atoms with Crippen LogP contribution in [0.25, 0.3) is 11.1 Å². The Labute approximate surface area is 206 Å². The number of aromatic hydroxyl groups is 2. The molecule has 6 nitrogen and oxygen atoms in total. The zero-order chi connectivity index (χ0) is 24.9. The van der Waals surface area contributed by atoms with Crippen LogP contribution in [0.2, 0.25) is 0 Å². The van der Waals surface area contributed by atoms with Crippen LogP contribution in [0.15, 0.2) is 102 Å². The monoisotopic (exact) mass is 514 g/mol. The highest BCUT2D eigenvalue weighted by Crippen LogP contribution is 2.23. The lowest BCUT2D eigenvalue weighted by Gasteiger charge is -2.01. The fourth-order valence-electron chi connectivity index (χ4n) is 2.63. The molecular formula is C26H20BBrN2O4. The average molecular weight is 515 g/mol. The second-order valence-electron chi connectivity index (χ2n) is 6.83. The highest BCUT2D eigenvalue weighted by atomic mass is 79.9. The first-order chi connectivity index (χ1) is 16.3. The largest absolute Gasteiger partial charge is 0.508 e. The van der Waals surface area contributed by atoms with Gasteiger partial charge in [0.2, 0.25) is 0 Å². The summed E-state index contributed by atoms with van der Waals surface area (Å²) in [6.45, 7) is 0. The van der Waals surface area contributed by atoms with Crippen LogP contribution >= 0.6 is 15.9 Å². The van der Waals surface area contributed by atoms with Gasteiger partial charge in [-0.15, -0.1) is 0 Å². The van der Waals surface area contributed by atoms with Crippen molar-refractivity contribution in [3.8, 4) is 34.8 Å². The number of hydrogen-bond donors (Lipinski definition) is 4. The van der Waals surface area contributed by atoms with Gasteiger partial charge >= 0.3 is 7.12 Å². The van der Waals surface area contributed by atoms with E-state index in [-0.39, 0.29) is 5.75 Å². The molecule has 0 saturated carbocycles. The molecule has 0 aliphatic rings. The van der Waals surface area contributed by atoms with Crippen molar-refractivity contribution >= 4 is 28.5 Å². The molecule has 0 fully saturated rings. The van der Waals surface area contributed by atoms with E-state index in [4.69, 9.17) is 25.7 Å². The maximum Gasteiger partial charge on any atom is 0.488 e. The molecule has 0 unspecified atom stereocenters. The standard InChI is InChI=1S/C13H9NO.C7H6BNO2.C6H5BrO/c14-9-10-4-6-11(7-5-10)12-2-1-3-13(15)8-12;9-5-6-1-3-7(4-2-6)8(10)11;7-5-2-1-3-6(8)4-5/h1-8,15H;1-4,10-11H;1-4,8H. The smallest absolute Gasteiger partial charge is 0.488 e. The molecule has 0 aromatic heterocycles. The molecule has 0 bridgehead atoms. The maximum atomic E-state index is 9.32. The van der Waals surface area contributed by atoms with Gasteiger partial charge in [0, 0.05) is 4.47 Å². The van der Waals surface area contributed by atoms with Crippen molar-refractivity contribution in [3.63, 3.8) is 0 Å². The molecule has 4 rings (SSSR count). The van der Waals surface area contributed by atoms with Crippen molar-refractivity contribution in [2.75, 3.05) is 0 Å². The van der Waals surface area contributed by atoms with Crippen LogP contribution in [-0.4, -0.2) is 27.4 Å². The number of hydrogen-bond acceptors (Lipinski definition) is 6. The molecule has 34 heavy (non-hydrogen) atoms. The van der Waals surface area contributed by atoms with Crippen LogP contribution in [0, 0.1) is 22.7 Å². The Balaban J connectivity index is 0.000000190. The third-order valence-electron chi connectivity index (χ3n) is 4.34. The maximum absolute atomic E-state index is 9.32. The van der Waals surface area contributed by atoms with E-state index in [2.05, 4.69) is 22.0 Å². The molecule has 168 valence electrons. The summed E-state index contributed by atoms with van der Waals surface area (Å²) in [5.74, 6) is 0.538. The quantitative estimate of drug-likeness (QED) is 0.295. The van der Waals surface area contributed by atoms with Crippen molar-refractivity contribution in [2.45, 2.75) is 0 Å². The van der Waals surface area contributed by atoms with Gasteiger partial charge in [-0.1, -0.05) is 58.4 Å². The van der Waals surface area contributed by atoms with E-state index in [0.717, 1.165) is 15.6 Å². The van der Waals surface area contributed by atoms with Crippen LogP contribution in [0.3, 0.4) is 0 Å². The third-order valence-corrected chi connectivity index (χ3v) is 4.83. The highest BCUT2D eigenvalue weighted by molar-refractivity contribution is 9.10. The summed E-state index contributed by atoms with van der Waals surface area (Å²) in [6, 6.07) is 31.3. The van der Waals surface area contributed by atoms with Gasteiger partial charge in [-0.2, -0.15) is 10.5 Å². The van der Waals surface area contributed by atoms with E-state index in [0.29, 0.717) is 22.3 Å². The summed E-state index contributed by atoms with van der Waals surface area (Å²) in [5, 5.41) is 52.5. The molecule has 0 amide bonds. The first-order valence-corrected chi connectivity index (χ1v) is 10.7. The normalized spacial score (nSPS) is 9.21. The zero-order valence-corrected chi connectivity index (χ0v) is 19.5. The molecule has 8 heteroatoms. The number of nitriles is 2. The van der Waals surface area contributed by atoms with Crippen molar-refractivity contribution in [3.05, 3.63) is 113 Å². The fourth-order valence-corrected chi connectivity index (χ4v) is 3.02. The lowest BCUT2D eigenvalue weighted by Crippen LogP contribution is -2.29. The minimum absolute atomic E-state index is 0.247. The predicted octanol–water partition coefficient (Wildman–Crippen LogP) is 4.32. The van der Waals surface area contributed by atoms with Crippen molar-refractivity contribution in [1.29, 1.82) is 10.5 Å². The molecule has 0 saturated heterocycles. The van der Waals surface area contributed by atoms with E-state index >= 15 is 0 Å². The number of phenols is 2.